The molecule has 306 valence electrons. The van der Waals surface area contributed by atoms with Gasteiger partial charge < -0.3 is 20.0 Å². The normalized spacial score (nSPS) is 14.7. The molecule has 3 N–H and O–H groups in total. The molecule has 1 saturated heterocycles. The molecule has 4 aromatic carbocycles. The smallest absolute Gasteiger partial charge is 0.269 e. The summed E-state index contributed by atoms with van der Waals surface area (Å²) in [5.74, 6) is -0.894. The van der Waals surface area contributed by atoms with E-state index in [1.54, 1.807) is 77.9 Å². The Kier molecular flexibility index (Phi) is 11.6. The Hall–Kier alpha value is -7.74. The number of amides is 5. The molecule has 0 bridgehead atoms. The summed E-state index contributed by atoms with van der Waals surface area (Å²) in [6.45, 7) is 0.839. The number of imide groups is 1. The minimum atomic E-state index is -0.646. The second-order valence-electron chi connectivity index (χ2n) is 14.9. The van der Waals surface area contributed by atoms with E-state index in [1.807, 2.05) is 36.4 Å². The Balaban J connectivity index is 0.813. The van der Waals surface area contributed by atoms with E-state index >= 15 is 0 Å². The van der Waals surface area contributed by atoms with Gasteiger partial charge in [-0.3, -0.25) is 39.4 Å². The molecule has 14 heteroatoms. The summed E-state index contributed by atoms with van der Waals surface area (Å²) in [5.41, 5.74) is 7.53. The van der Waals surface area contributed by atoms with Gasteiger partial charge in [-0.05, 0) is 127 Å². The summed E-state index contributed by atoms with van der Waals surface area (Å²) < 4.78 is 5.61. The van der Waals surface area contributed by atoms with Crippen molar-refractivity contribution in [1.29, 1.82) is 0 Å². The largest absolute Gasteiger partial charge is 0.463 e. The number of carbonyl (C=O) groups excluding carboxylic acids is 5. The van der Waals surface area contributed by atoms with Crippen LogP contribution in [-0.2, 0) is 22.6 Å². The number of rotatable bonds is 14. The number of unbranched alkanes of at least 4 members (excludes halogenated alkanes) is 2. The number of benzene rings is 4. The lowest BCUT2D eigenvalue weighted by Crippen LogP contribution is -2.52. The van der Waals surface area contributed by atoms with E-state index in [9.17, 15) is 34.1 Å². The molecule has 0 saturated carbocycles. The summed E-state index contributed by atoms with van der Waals surface area (Å²) in [5, 5.41) is 19.4. The highest BCUT2D eigenvalue weighted by Crippen LogP contribution is 2.33. The quantitative estimate of drug-likeness (QED) is 0.0427. The van der Waals surface area contributed by atoms with E-state index in [0.717, 1.165) is 47.9 Å². The van der Waals surface area contributed by atoms with Gasteiger partial charge in [0.2, 0.25) is 11.8 Å². The van der Waals surface area contributed by atoms with Gasteiger partial charge in [0.15, 0.2) is 5.76 Å². The fraction of sp³-hybridized carbons (Fsp3) is 0.191. The Morgan fingerprint density at radius 2 is 1.52 bits per heavy atom. The summed E-state index contributed by atoms with van der Waals surface area (Å²) in [4.78, 5) is 80.3. The second kappa shape index (κ2) is 17.6. The van der Waals surface area contributed by atoms with Gasteiger partial charge in [0, 0.05) is 59.6 Å². The van der Waals surface area contributed by atoms with Crippen LogP contribution >= 0.6 is 0 Å². The Morgan fingerprint density at radius 3 is 2.25 bits per heavy atom. The maximum absolute atomic E-state index is 13.2. The molecule has 1 fully saturated rings. The molecule has 1 atom stereocenters. The highest BCUT2D eigenvalue weighted by atomic mass is 16.6. The molecule has 8 rings (SSSR count). The van der Waals surface area contributed by atoms with Crippen molar-refractivity contribution < 1.29 is 33.3 Å². The van der Waals surface area contributed by atoms with Crippen molar-refractivity contribution >= 4 is 40.9 Å². The van der Waals surface area contributed by atoms with Crippen LogP contribution in [0.1, 0.15) is 74.3 Å². The van der Waals surface area contributed by atoms with E-state index < -0.39 is 16.9 Å². The number of aromatic nitrogens is 1. The number of carbonyl (C=O) groups is 5. The summed E-state index contributed by atoms with van der Waals surface area (Å²) in [7, 11) is 0. The van der Waals surface area contributed by atoms with Gasteiger partial charge in [0.25, 0.3) is 23.4 Å². The van der Waals surface area contributed by atoms with Gasteiger partial charge in [-0.2, -0.15) is 0 Å². The number of nitro groups is 1. The van der Waals surface area contributed by atoms with Gasteiger partial charge >= 0.3 is 0 Å². The number of furan rings is 1. The van der Waals surface area contributed by atoms with Gasteiger partial charge in [0.1, 0.15) is 11.7 Å². The van der Waals surface area contributed by atoms with Gasteiger partial charge in [-0.15, -0.1) is 0 Å². The highest BCUT2D eigenvalue weighted by Gasteiger charge is 2.39. The zero-order valence-corrected chi connectivity index (χ0v) is 32.9. The molecular weight excluding hydrogens is 777 g/mol. The van der Waals surface area contributed by atoms with Gasteiger partial charge in [-0.25, -0.2) is 4.98 Å². The number of nitrogens with zero attached hydrogens (tertiary/aromatic N) is 3. The van der Waals surface area contributed by atoms with Crippen LogP contribution in [0.5, 0.6) is 0 Å². The van der Waals surface area contributed by atoms with Crippen molar-refractivity contribution in [3.05, 3.63) is 159 Å². The third kappa shape index (κ3) is 8.98. The van der Waals surface area contributed by atoms with Crippen LogP contribution in [-0.4, -0.2) is 56.9 Å². The Bertz CT molecular complexity index is 2640. The predicted molar refractivity (Wildman–Crippen MR) is 226 cm³/mol. The highest BCUT2D eigenvalue weighted by molar-refractivity contribution is 6.06. The zero-order chi connectivity index (χ0) is 42.5. The van der Waals surface area contributed by atoms with E-state index in [1.165, 1.54) is 12.1 Å². The van der Waals surface area contributed by atoms with Crippen molar-refractivity contribution in [2.75, 3.05) is 11.9 Å². The number of nitrogens with one attached hydrogen (secondary N) is 3. The molecule has 2 aromatic heterocycles. The second-order valence-corrected chi connectivity index (χ2v) is 14.9. The molecule has 61 heavy (non-hydrogen) atoms. The minimum Gasteiger partial charge on any atom is -0.463 e. The van der Waals surface area contributed by atoms with Crippen LogP contribution in [0.3, 0.4) is 0 Å². The molecule has 14 nitrogen and oxygen atoms in total. The van der Waals surface area contributed by atoms with Crippen LogP contribution in [0.4, 0.5) is 11.4 Å². The van der Waals surface area contributed by atoms with E-state index in [4.69, 9.17) is 9.40 Å². The molecular formula is C47H40N6O8. The minimum absolute atomic E-state index is 0.0183. The first-order valence-electron chi connectivity index (χ1n) is 20.0. The third-order valence-corrected chi connectivity index (χ3v) is 10.9. The van der Waals surface area contributed by atoms with Crippen LogP contribution in [0.15, 0.2) is 126 Å². The predicted octanol–water partition coefficient (Wildman–Crippen LogP) is 7.74. The van der Waals surface area contributed by atoms with E-state index in [0.29, 0.717) is 64.6 Å². The standard InChI is InChI=1S/C47H40N6O8/c54-43-23-22-41(46(57)51-43)52-28-38-30(7-4-8-37(38)47(52)58)6-2-1-3-24-48-44(55)32-14-18-35(19-15-32)49-45(56)33-12-10-29(11-13-33)34-26-39(31-16-20-36(21-17-31)53(59)60)50-40(27-34)42-9-5-25-61-42/h4-5,7-21,25-27,41H,1-3,6,22-24,28H2,(H,48,55)(H,49,56)(H,51,54,57). The van der Waals surface area contributed by atoms with Crippen LogP contribution in [0.2, 0.25) is 0 Å². The average Bonchev–Trinajstić information content (AvgIpc) is 3.94. The number of nitro benzene ring substituents is 1. The topological polar surface area (TPSA) is 194 Å². The van der Waals surface area contributed by atoms with Crippen molar-refractivity contribution in [2.24, 2.45) is 0 Å². The Labute approximate surface area is 350 Å². The van der Waals surface area contributed by atoms with E-state index in [-0.39, 0.29) is 35.7 Å². The Morgan fingerprint density at radius 1 is 0.803 bits per heavy atom. The van der Waals surface area contributed by atoms with E-state index in [2.05, 4.69) is 16.0 Å². The van der Waals surface area contributed by atoms with Crippen molar-refractivity contribution in [3.63, 3.8) is 0 Å². The number of piperidine rings is 1. The lowest BCUT2D eigenvalue weighted by molar-refractivity contribution is -0.384. The molecule has 6 aromatic rings. The third-order valence-electron chi connectivity index (χ3n) is 10.9. The van der Waals surface area contributed by atoms with Crippen molar-refractivity contribution in [2.45, 2.75) is 51.1 Å². The molecule has 4 heterocycles. The van der Waals surface area contributed by atoms with Crippen molar-refractivity contribution in [3.8, 4) is 33.8 Å². The SMILES string of the molecule is O=C1CCC(N2Cc3c(CCCCCNC(=O)c4ccc(NC(=O)c5ccc(-c6cc(-c7ccc([N+](=O)[O-])cc7)nc(-c7ccco7)c6)cc5)cc4)cccc3C2=O)C(=O)N1. The number of hydrogen-bond acceptors (Lipinski definition) is 9. The monoisotopic (exact) mass is 816 g/mol. The first-order valence-corrected chi connectivity index (χ1v) is 20.0. The summed E-state index contributed by atoms with van der Waals surface area (Å²) in [6.07, 6.45) is 5.34. The van der Waals surface area contributed by atoms with Crippen LogP contribution in [0.25, 0.3) is 33.8 Å². The summed E-state index contributed by atoms with van der Waals surface area (Å²) in [6, 6.07) is 32.3. The number of pyridine rings is 1. The molecule has 0 aliphatic carbocycles. The molecule has 2 aliphatic heterocycles. The first-order chi connectivity index (χ1) is 29.6. The first kappa shape index (κ1) is 40.1. The lowest BCUT2D eigenvalue weighted by atomic mass is 9.98. The lowest BCUT2D eigenvalue weighted by Gasteiger charge is -2.29. The van der Waals surface area contributed by atoms with Crippen LogP contribution < -0.4 is 16.0 Å². The van der Waals surface area contributed by atoms with Gasteiger partial charge in [-0.1, -0.05) is 30.7 Å². The number of anilines is 1. The number of aryl methyl sites for hydroxylation is 1. The zero-order valence-electron chi connectivity index (χ0n) is 32.9. The molecule has 0 spiro atoms. The fourth-order valence-electron chi connectivity index (χ4n) is 7.68. The molecule has 5 amide bonds. The molecule has 0 radical (unpaired) electrons. The number of hydrogen-bond donors (Lipinski definition) is 3. The summed E-state index contributed by atoms with van der Waals surface area (Å²) >= 11 is 0. The average molecular weight is 817 g/mol. The number of non-ortho nitro benzene ring substituents is 1. The molecule has 1 unspecified atom stereocenters. The van der Waals surface area contributed by atoms with Crippen LogP contribution in [0, 0.1) is 10.1 Å². The fourth-order valence-corrected chi connectivity index (χ4v) is 7.68. The van der Waals surface area contributed by atoms with Crippen molar-refractivity contribution in [1.82, 2.24) is 20.5 Å². The van der Waals surface area contributed by atoms with Gasteiger partial charge in [0.05, 0.1) is 16.9 Å². The molecule has 2 aliphatic rings. The maximum Gasteiger partial charge on any atom is 0.269 e. The maximum atomic E-state index is 13.2. The number of fused-ring (bicyclic) bond motifs is 1.